The number of amides is 1. The molecule has 1 aromatic carbocycles. The van der Waals surface area contributed by atoms with Crippen molar-refractivity contribution in [2.24, 2.45) is 0 Å². The molecule has 1 amide bonds. The summed E-state index contributed by atoms with van der Waals surface area (Å²) in [6.07, 6.45) is 3.77. The van der Waals surface area contributed by atoms with Crippen LogP contribution in [0.15, 0.2) is 35.5 Å². The number of carbonyl (C=O) groups excluding carboxylic acids is 1. The predicted octanol–water partition coefficient (Wildman–Crippen LogP) is 2.99. The highest BCUT2D eigenvalue weighted by Gasteiger charge is 2.27. The number of thioether (sulfide) groups is 1. The highest BCUT2D eigenvalue weighted by atomic mass is 32.2. The van der Waals surface area contributed by atoms with Crippen LogP contribution in [0.4, 0.5) is 5.95 Å². The summed E-state index contributed by atoms with van der Waals surface area (Å²) in [6.45, 7) is 7.32. The maximum Gasteiger partial charge on any atom is 0.233 e. The Bertz CT molecular complexity index is 812. The first-order valence-electron chi connectivity index (χ1n) is 10.4. The van der Waals surface area contributed by atoms with Crippen LogP contribution in [0.2, 0.25) is 0 Å². The Morgan fingerprint density at radius 3 is 2.45 bits per heavy atom. The Morgan fingerprint density at radius 2 is 1.76 bits per heavy atom. The van der Waals surface area contributed by atoms with Crippen molar-refractivity contribution in [1.82, 2.24) is 19.7 Å². The molecule has 0 saturated carbocycles. The van der Waals surface area contributed by atoms with Gasteiger partial charge in [0.1, 0.15) is 0 Å². The SMILES string of the molecule is C[C@@H]1CN(C(=O)CSc2nnc(N3CCCCC3)n2-c2ccccc2)C[C@@H](C)O1. The van der Waals surface area contributed by atoms with Crippen molar-refractivity contribution in [1.29, 1.82) is 0 Å². The molecule has 2 saturated heterocycles. The number of rotatable bonds is 5. The maximum atomic E-state index is 12.8. The number of para-hydroxylation sites is 1. The molecule has 7 nitrogen and oxygen atoms in total. The van der Waals surface area contributed by atoms with Crippen molar-refractivity contribution in [3.05, 3.63) is 30.3 Å². The molecule has 0 aliphatic carbocycles. The second-order valence-electron chi connectivity index (χ2n) is 7.85. The monoisotopic (exact) mass is 415 g/mol. The van der Waals surface area contributed by atoms with E-state index in [9.17, 15) is 4.79 Å². The quantitative estimate of drug-likeness (QED) is 0.700. The zero-order valence-corrected chi connectivity index (χ0v) is 18.0. The molecule has 2 aromatic rings. The van der Waals surface area contributed by atoms with E-state index in [2.05, 4.69) is 31.8 Å². The fourth-order valence-electron chi connectivity index (χ4n) is 4.06. The average Bonchev–Trinajstić information content (AvgIpc) is 3.16. The predicted molar refractivity (Wildman–Crippen MR) is 115 cm³/mol. The molecule has 0 spiro atoms. The molecule has 2 atom stereocenters. The van der Waals surface area contributed by atoms with Crippen LogP contribution in [0.1, 0.15) is 33.1 Å². The number of hydrogen-bond acceptors (Lipinski definition) is 6. The number of morpholine rings is 1. The van der Waals surface area contributed by atoms with E-state index in [1.807, 2.05) is 36.9 Å². The topological polar surface area (TPSA) is 63.5 Å². The maximum absolute atomic E-state index is 12.8. The van der Waals surface area contributed by atoms with E-state index < -0.39 is 0 Å². The van der Waals surface area contributed by atoms with Crippen LogP contribution in [0.25, 0.3) is 5.69 Å². The Balaban J connectivity index is 1.52. The number of anilines is 1. The molecular formula is C21H29N5O2S. The Hall–Kier alpha value is -2.06. The van der Waals surface area contributed by atoms with Crippen LogP contribution in [-0.2, 0) is 9.53 Å². The van der Waals surface area contributed by atoms with Gasteiger partial charge < -0.3 is 14.5 Å². The molecular weight excluding hydrogens is 386 g/mol. The van der Waals surface area contributed by atoms with Crippen LogP contribution in [0.3, 0.4) is 0 Å². The summed E-state index contributed by atoms with van der Waals surface area (Å²) in [7, 11) is 0. The molecule has 2 aliphatic rings. The summed E-state index contributed by atoms with van der Waals surface area (Å²) in [6, 6.07) is 10.2. The van der Waals surface area contributed by atoms with Gasteiger partial charge in [0.25, 0.3) is 0 Å². The fraction of sp³-hybridized carbons (Fsp3) is 0.571. The third-order valence-electron chi connectivity index (χ3n) is 5.37. The molecule has 156 valence electrons. The summed E-state index contributed by atoms with van der Waals surface area (Å²) in [4.78, 5) is 17.0. The minimum Gasteiger partial charge on any atom is -0.372 e. The molecule has 2 aliphatic heterocycles. The van der Waals surface area contributed by atoms with Crippen molar-refractivity contribution >= 4 is 23.6 Å². The zero-order valence-electron chi connectivity index (χ0n) is 17.2. The fourth-order valence-corrected chi connectivity index (χ4v) is 4.91. The number of piperidine rings is 1. The van der Waals surface area contributed by atoms with Gasteiger partial charge in [-0.25, -0.2) is 0 Å². The standard InChI is InChI=1S/C21H29N5O2S/c1-16-13-25(14-17(2)28-16)19(27)15-29-21-23-22-20(24-11-7-4-8-12-24)26(21)18-9-5-3-6-10-18/h3,5-6,9-10,16-17H,4,7-8,11-15H2,1-2H3/t16-,17-/m1/s1. The molecule has 8 heteroatoms. The minimum absolute atomic E-state index is 0.0753. The molecule has 0 N–H and O–H groups in total. The number of nitrogens with zero attached hydrogens (tertiary/aromatic N) is 5. The van der Waals surface area contributed by atoms with Crippen molar-refractivity contribution < 1.29 is 9.53 Å². The molecule has 2 fully saturated rings. The van der Waals surface area contributed by atoms with Gasteiger partial charge in [-0.05, 0) is 45.2 Å². The second-order valence-corrected chi connectivity index (χ2v) is 8.79. The van der Waals surface area contributed by atoms with Crippen LogP contribution in [-0.4, -0.2) is 69.7 Å². The molecule has 3 heterocycles. The van der Waals surface area contributed by atoms with E-state index >= 15 is 0 Å². The highest BCUT2D eigenvalue weighted by molar-refractivity contribution is 7.99. The first-order valence-corrected chi connectivity index (χ1v) is 11.4. The summed E-state index contributed by atoms with van der Waals surface area (Å²) in [5.41, 5.74) is 1.03. The van der Waals surface area contributed by atoms with Gasteiger partial charge >= 0.3 is 0 Å². The van der Waals surface area contributed by atoms with E-state index in [0.29, 0.717) is 18.8 Å². The Kier molecular flexibility index (Phi) is 6.40. The minimum atomic E-state index is 0.0753. The molecule has 4 rings (SSSR count). The first kappa shape index (κ1) is 20.2. The van der Waals surface area contributed by atoms with Crippen LogP contribution in [0, 0.1) is 0 Å². The van der Waals surface area contributed by atoms with E-state index in [1.54, 1.807) is 0 Å². The summed E-state index contributed by atoms with van der Waals surface area (Å²) < 4.78 is 7.84. The molecule has 0 bridgehead atoms. The van der Waals surface area contributed by atoms with E-state index in [0.717, 1.165) is 29.9 Å². The lowest BCUT2D eigenvalue weighted by Gasteiger charge is -2.35. The van der Waals surface area contributed by atoms with Gasteiger partial charge in [0.15, 0.2) is 5.16 Å². The van der Waals surface area contributed by atoms with Gasteiger partial charge in [0.05, 0.1) is 23.6 Å². The van der Waals surface area contributed by atoms with Crippen molar-refractivity contribution in [3.63, 3.8) is 0 Å². The van der Waals surface area contributed by atoms with Crippen LogP contribution < -0.4 is 4.90 Å². The highest BCUT2D eigenvalue weighted by Crippen LogP contribution is 2.28. The van der Waals surface area contributed by atoms with E-state index in [-0.39, 0.29) is 18.1 Å². The number of benzene rings is 1. The van der Waals surface area contributed by atoms with E-state index in [4.69, 9.17) is 4.74 Å². The number of ether oxygens (including phenoxy) is 1. The van der Waals surface area contributed by atoms with Crippen molar-refractivity contribution in [2.75, 3.05) is 36.8 Å². The van der Waals surface area contributed by atoms with Crippen molar-refractivity contribution in [3.8, 4) is 5.69 Å². The largest absolute Gasteiger partial charge is 0.372 e. The molecule has 0 radical (unpaired) electrons. The van der Waals surface area contributed by atoms with Gasteiger partial charge in [-0.15, -0.1) is 10.2 Å². The summed E-state index contributed by atoms with van der Waals surface area (Å²) in [5, 5.41) is 9.72. The smallest absolute Gasteiger partial charge is 0.233 e. The van der Waals surface area contributed by atoms with Gasteiger partial charge in [0.2, 0.25) is 11.9 Å². The van der Waals surface area contributed by atoms with Gasteiger partial charge in [-0.2, -0.15) is 0 Å². The lowest BCUT2D eigenvalue weighted by atomic mass is 10.1. The zero-order chi connectivity index (χ0) is 20.2. The molecule has 0 unspecified atom stereocenters. The lowest BCUT2D eigenvalue weighted by Crippen LogP contribution is -2.48. The van der Waals surface area contributed by atoms with Gasteiger partial charge in [0, 0.05) is 26.2 Å². The number of hydrogen-bond donors (Lipinski definition) is 0. The second kappa shape index (κ2) is 9.17. The third-order valence-corrected chi connectivity index (χ3v) is 6.28. The third kappa shape index (κ3) is 4.75. The number of aromatic nitrogens is 3. The molecule has 29 heavy (non-hydrogen) atoms. The van der Waals surface area contributed by atoms with Crippen molar-refractivity contribution in [2.45, 2.75) is 50.5 Å². The Morgan fingerprint density at radius 1 is 1.07 bits per heavy atom. The number of carbonyl (C=O) groups is 1. The molecule has 1 aromatic heterocycles. The lowest BCUT2D eigenvalue weighted by molar-refractivity contribution is -0.140. The summed E-state index contributed by atoms with van der Waals surface area (Å²) in [5.74, 6) is 1.35. The first-order chi connectivity index (χ1) is 14.1. The van der Waals surface area contributed by atoms with Gasteiger partial charge in [-0.3, -0.25) is 9.36 Å². The normalized spacial score (nSPS) is 22.7. The van der Waals surface area contributed by atoms with Gasteiger partial charge in [-0.1, -0.05) is 30.0 Å². The van der Waals surface area contributed by atoms with Crippen LogP contribution in [0.5, 0.6) is 0 Å². The summed E-state index contributed by atoms with van der Waals surface area (Å²) >= 11 is 1.46. The van der Waals surface area contributed by atoms with Crippen LogP contribution >= 0.6 is 11.8 Å². The van der Waals surface area contributed by atoms with E-state index in [1.165, 1.54) is 31.0 Å². The Labute approximate surface area is 176 Å². The average molecular weight is 416 g/mol.